The number of alkyl halides is 4. The molecule has 2 heterocycles. The number of nitrogens with one attached hydrogen (secondary N) is 2. The van der Waals surface area contributed by atoms with Crippen molar-refractivity contribution in [1.29, 1.82) is 0 Å². The Morgan fingerprint density at radius 1 is 1.31 bits per heavy atom. The lowest BCUT2D eigenvalue weighted by Gasteiger charge is -2.20. The first-order chi connectivity index (χ1) is 16.5. The van der Waals surface area contributed by atoms with E-state index in [4.69, 9.17) is 0 Å². The van der Waals surface area contributed by atoms with E-state index in [1.807, 2.05) is 0 Å². The number of amides is 2. The van der Waals surface area contributed by atoms with Crippen LogP contribution in [0.25, 0.3) is 0 Å². The second-order valence-corrected chi connectivity index (χ2v) is 9.01. The number of anilines is 1. The number of benzene rings is 1. The maximum absolute atomic E-state index is 14.4. The summed E-state index contributed by atoms with van der Waals surface area (Å²) in [7, 11) is 1.49. The third kappa shape index (κ3) is 7.83. The van der Waals surface area contributed by atoms with Gasteiger partial charge in [0.2, 0.25) is 11.0 Å². The van der Waals surface area contributed by atoms with Crippen LogP contribution in [0.1, 0.15) is 23.9 Å². The first-order valence-corrected chi connectivity index (χ1v) is 11.3. The molecule has 15 heteroatoms. The summed E-state index contributed by atoms with van der Waals surface area (Å²) in [5.41, 5.74) is -0.728. The molecule has 0 saturated carbocycles. The molecule has 0 saturated heterocycles. The number of halogens is 4. The number of aryl methyl sites for hydroxylation is 1. The van der Waals surface area contributed by atoms with Crippen LogP contribution in [0.5, 0.6) is 5.75 Å². The standard InChI is InChI=1S/C20H23F4N7O3S/c1-19(17(33)25-2)11-31(30-29-19)10-13(21)6-7-16-27-28-18(35-16)26-15(32)9-12-4-3-5-14(8-12)34-20(22,23)24/h3-5,8,13H,6-7,9-11H2,1-2H3,(H,25,33)(H,26,28,32)/t13-,19?/m0/s1. The minimum atomic E-state index is -4.83. The zero-order valence-corrected chi connectivity index (χ0v) is 19.6. The van der Waals surface area contributed by atoms with Crippen molar-refractivity contribution in [3.05, 3.63) is 34.8 Å². The first-order valence-electron chi connectivity index (χ1n) is 10.5. The highest BCUT2D eigenvalue weighted by atomic mass is 32.1. The van der Waals surface area contributed by atoms with Crippen molar-refractivity contribution in [3.8, 4) is 5.75 Å². The molecule has 1 aromatic carbocycles. The summed E-state index contributed by atoms with van der Waals surface area (Å²) >= 11 is 1.07. The highest BCUT2D eigenvalue weighted by molar-refractivity contribution is 7.15. The van der Waals surface area contributed by atoms with Crippen molar-refractivity contribution in [2.45, 2.75) is 44.3 Å². The Labute approximate surface area is 201 Å². The number of ether oxygens (including phenoxy) is 1. The number of nitrogens with zero attached hydrogens (tertiary/aromatic N) is 5. The Bertz CT molecular complexity index is 1080. The van der Waals surface area contributed by atoms with E-state index in [1.165, 1.54) is 24.2 Å². The molecule has 0 radical (unpaired) electrons. The number of hydrogen-bond acceptors (Lipinski definition) is 9. The zero-order chi connectivity index (χ0) is 25.6. The molecule has 1 aromatic heterocycles. The summed E-state index contributed by atoms with van der Waals surface area (Å²) in [5.74, 6) is -1.22. The normalized spacial score (nSPS) is 18.4. The fourth-order valence-corrected chi connectivity index (χ4v) is 4.05. The predicted octanol–water partition coefficient (Wildman–Crippen LogP) is 3.08. The molecule has 2 atom stereocenters. The number of aromatic nitrogens is 2. The van der Waals surface area contributed by atoms with E-state index in [1.54, 1.807) is 6.92 Å². The van der Waals surface area contributed by atoms with Crippen LogP contribution >= 0.6 is 11.3 Å². The monoisotopic (exact) mass is 517 g/mol. The van der Waals surface area contributed by atoms with Crippen LogP contribution in [-0.2, 0) is 22.4 Å². The Kier molecular flexibility index (Phi) is 8.19. The van der Waals surface area contributed by atoms with E-state index in [0.29, 0.717) is 10.6 Å². The smallest absolute Gasteiger partial charge is 0.406 e. The molecule has 3 rings (SSSR count). The summed E-state index contributed by atoms with van der Waals surface area (Å²) in [4.78, 5) is 24.1. The van der Waals surface area contributed by atoms with Crippen molar-refractivity contribution in [2.24, 2.45) is 10.3 Å². The minimum Gasteiger partial charge on any atom is -0.406 e. The summed E-state index contributed by atoms with van der Waals surface area (Å²) in [6.07, 6.45) is -5.89. The number of hydrogen-bond donors (Lipinski definition) is 2. The van der Waals surface area contributed by atoms with Gasteiger partial charge in [0.25, 0.3) is 5.91 Å². The Balaban J connectivity index is 1.43. The van der Waals surface area contributed by atoms with E-state index < -0.39 is 29.7 Å². The lowest BCUT2D eigenvalue weighted by Crippen LogP contribution is -2.45. The first kappa shape index (κ1) is 26.2. The summed E-state index contributed by atoms with van der Waals surface area (Å²) < 4.78 is 55.3. The van der Waals surface area contributed by atoms with Crippen LogP contribution in [0.4, 0.5) is 22.7 Å². The van der Waals surface area contributed by atoms with Gasteiger partial charge >= 0.3 is 6.36 Å². The highest BCUT2D eigenvalue weighted by Gasteiger charge is 2.39. The predicted molar refractivity (Wildman–Crippen MR) is 117 cm³/mol. The van der Waals surface area contributed by atoms with Gasteiger partial charge in [-0.15, -0.1) is 23.4 Å². The number of rotatable bonds is 10. The molecule has 0 fully saturated rings. The van der Waals surface area contributed by atoms with Gasteiger partial charge in [0.15, 0.2) is 5.54 Å². The maximum Gasteiger partial charge on any atom is 0.573 e. The third-order valence-electron chi connectivity index (χ3n) is 4.89. The molecular weight excluding hydrogens is 494 g/mol. The van der Waals surface area contributed by atoms with Gasteiger partial charge in [-0.2, -0.15) is 5.11 Å². The fourth-order valence-electron chi connectivity index (χ4n) is 3.27. The molecule has 1 aliphatic rings. The molecular formula is C20H23F4N7O3S. The second kappa shape index (κ2) is 10.9. The van der Waals surface area contributed by atoms with E-state index >= 15 is 0 Å². The molecule has 0 spiro atoms. The fraction of sp³-hybridized carbons (Fsp3) is 0.500. The van der Waals surface area contributed by atoms with Crippen LogP contribution < -0.4 is 15.4 Å². The summed E-state index contributed by atoms with van der Waals surface area (Å²) in [5, 5.41) is 22.7. The molecule has 0 bridgehead atoms. The van der Waals surface area contributed by atoms with Gasteiger partial charge in [-0.1, -0.05) is 28.7 Å². The van der Waals surface area contributed by atoms with Crippen LogP contribution in [-0.4, -0.2) is 65.2 Å². The Morgan fingerprint density at radius 2 is 2.09 bits per heavy atom. The van der Waals surface area contributed by atoms with Gasteiger partial charge in [-0.3, -0.25) is 14.6 Å². The average molecular weight is 518 g/mol. The van der Waals surface area contributed by atoms with Gasteiger partial charge in [-0.25, -0.2) is 4.39 Å². The van der Waals surface area contributed by atoms with Gasteiger partial charge in [0, 0.05) is 13.5 Å². The molecule has 10 nitrogen and oxygen atoms in total. The lowest BCUT2D eigenvalue weighted by molar-refractivity contribution is -0.274. The molecule has 1 unspecified atom stereocenters. The van der Waals surface area contributed by atoms with Gasteiger partial charge in [0.1, 0.15) is 16.9 Å². The Morgan fingerprint density at radius 3 is 2.80 bits per heavy atom. The summed E-state index contributed by atoms with van der Waals surface area (Å²) in [6.45, 7) is 1.76. The average Bonchev–Trinajstić information content (AvgIpc) is 3.37. The van der Waals surface area contributed by atoms with Crippen molar-refractivity contribution >= 4 is 28.3 Å². The molecule has 2 aromatic rings. The number of likely N-dealkylation sites (N-methyl/N-ethyl adjacent to an activating group) is 1. The van der Waals surface area contributed by atoms with E-state index in [0.717, 1.165) is 23.5 Å². The number of carbonyl (C=O) groups excluding carboxylic acids is 2. The topological polar surface area (TPSA) is 121 Å². The zero-order valence-electron chi connectivity index (χ0n) is 18.8. The molecule has 0 aliphatic carbocycles. The van der Waals surface area contributed by atoms with Crippen LogP contribution in [0.15, 0.2) is 34.6 Å². The van der Waals surface area contributed by atoms with Gasteiger partial charge in [-0.05, 0) is 31.0 Å². The van der Waals surface area contributed by atoms with Gasteiger partial charge in [0.05, 0.1) is 19.5 Å². The van der Waals surface area contributed by atoms with E-state index in [2.05, 4.69) is 35.9 Å². The van der Waals surface area contributed by atoms with Crippen molar-refractivity contribution < 1.29 is 31.9 Å². The lowest BCUT2D eigenvalue weighted by atomic mass is 10.0. The van der Waals surface area contributed by atoms with Crippen LogP contribution in [0.2, 0.25) is 0 Å². The highest BCUT2D eigenvalue weighted by Crippen LogP contribution is 2.25. The van der Waals surface area contributed by atoms with Gasteiger partial charge < -0.3 is 15.4 Å². The second-order valence-electron chi connectivity index (χ2n) is 7.95. The molecule has 35 heavy (non-hydrogen) atoms. The van der Waals surface area contributed by atoms with E-state index in [9.17, 15) is 27.2 Å². The maximum atomic E-state index is 14.4. The summed E-state index contributed by atoms with van der Waals surface area (Å²) in [6, 6.07) is 5.10. The largest absolute Gasteiger partial charge is 0.573 e. The quantitative estimate of drug-likeness (QED) is 0.468. The van der Waals surface area contributed by atoms with Crippen molar-refractivity contribution in [1.82, 2.24) is 20.5 Å². The van der Waals surface area contributed by atoms with E-state index in [-0.39, 0.29) is 43.4 Å². The molecule has 2 N–H and O–H groups in total. The Hall–Kier alpha value is -3.36. The molecule has 2 amide bonds. The van der Waals surface area contributed by atoms with Crippen LogP contribution in [0.3, 0.4) is 0 Å². The number of carbonyl (C=O) groups is 2. The minimum absolute atomic E-state index is 0.0321. The van der Waals surface area contributed by atoms with Crippen molar-refractivity contribution in [3.63, 3.8) is 0 Å². The molecule has 190 valence electrons. The van der Waals surface area contributed by atoms with Crippen molar-refractivity contribution in [2.75, 3.05) is 25.5 Å². The molecule has 1 aliphatic heterocycles. The van der Waals surface area contributed by atoms with Crippen LogP contribution in [0, 0.1) is 0 Å². The third-order valence-corrected chi connectivity index (χ3v) is 5.79. The SMILES string of the molecule is CNC(=O)C1(C)CN(C[C@@H](F)CCc2nnc(NC(=O)Cc3cccc(OC(F)(F)F)c3)s2)N=N1.